The molecule has 0 amide bonds. The molecule has 9 heteroatoms. The number of rotatable bonds is 2. The molecular formula is C9H5BrN6O2. The Balaban J connectivity index is 2.05. The Labute approximate surface area is 108 Å². The molecule has 0 saturated heterocycles. The van der Waals surface area contributed by atoms with E-state index in [1.54, 1.807) is 12.3 Å². The summed E-state index contributed by atoms with van der Waals surface area (Å²) in [5.41, 5.74) is 6.30. The van der Waals surface area contributed by atoms with E-state index in [0.717, 1.165) is 4.47 Å². The smallest absolute Gasteiger partial charge is 0.284 e. The zero-order valence-corrected chi connectivity index (χ0v) is 10.3. The van der Waals surface area contributed by atoms with E-state index in [1.165, 1.54) is 0 Å². The highest BCUT2D eigenvalue weighted by Crippen LogP contribution is 2.26. The quantitative estimate of drug-likeness (QED) is 0.757. The lowest BCUT2D eigenvalue weighted by atomic mass is 10.3. The minimum Gasteiger partial charge on any atom is -0.379 e. The minimum atomic E-state index is 0.0882. The number of nitrogens with two attached hydrogens (primary N) is 1. The summed E-state index contributed by atoms with van der Waals surface area (Å²) >= 11 is 3.35. The molecule has 0 bridgehead atoms. The van der Waals surface area contributed by atoms with Crippen LogP contribution in [0.15, 0.2) is 32.0 Å². The summed E-state index contributed by atoms with van der Waals surface area (Å²) in [6, 6.07) is 3.61. The van der Waals surface area contributed by atoms with Crippen LogP contribution in [0.5, 0.6) is 0 Å². The molecule has 0 fully saturated rings. The molecule has 3 rings (SSSR count). The number of pyridine rings is 1. The van der Waals surface area contributed by atoms with Crippen LogP contribution in [-0.2, 0) is 0 Å². The van der Waals surface area contributed by atoms with Gasteiger partial charge in [0.25, 0.3) is 5.89 Å². The summed E-state index contributed by atoms with van der Waals surface area (Å²) in [4.78, 5) is 8.27. The van der Waals surface area contributed by atoms with Crippen molar-refractivity contribution in [3.63, 3.8) is 0 Å². The van der Waals surface area contributed by atoms with Crippen LogP contribution in [-0.4, -0.2) is 25.4 Å². The molecule has 0 saturated carbocycles. The Hall–Kier alpha value is -2.29. The van der Waals surface area contributed by atoms with Crippen LogP contribution in [0.1, 0.15) is 0 Å². The predicted octanol–water partition coefficient (Wildman–Crippen LogP) is 1.53. The van der Waals surface area contributed by atoms with Gasteiger partial charge in [-0.2, -0.15) is 4.98 Å². The van der Waals surface area contributed by atoms with Gasteiger partial charge in [-0.05, 0) is 38.4 Å². The average molecular weight is 309 g/mol. The van der Waals surface area contributed by atoms with Crippen molar-refractivity contribution >= 4 is 21.7 Å². The van der Waals surface area contributed by atoms with Gasteiger partial charge in [0.2, 0.25) is 17.3 Å². The van der Waals surface area contributed by atoms with Crippen molar-refractivity contribution in [1.29, 1.82) is 0 Å². The number of nitrogen functional groups attached to an aromatic ring is 1. The molecule has 0 atom stereocenters. The lowest BCUT2D eigenvalue weighted by Gasteiger charge is -1.94. The minimum absolute atomic E-state index is 0.0882. The SMILES string of the molecule is Nc1nonc1-c1nc(-c2ncccc2Br)no1. The number of aromatic nitrogens is 5. The first-order valence-electron chi connectivity index (χ1n) is 4.78. The summed E-state index contributed by atoms with van der Waals surface area (Å²) in [7, 11) is 0. The topological polar surface area (TPSA) is 117 Å². The second-order valence-corrected chi connectivity index (χ2v) is 4.11. The van der Waals surface area contributed by atoms with Crippen LogP contribution in [0.2, 0.25) is 0 Å². The number of anilines is 1. The van der Waals surface area contributed by atoms with Crippen LogP contribution in [0.25, 0.3) is 23.1 Å². The maximum Gasteiger partial charge on any atom is 0.284 e. The second kappa shape index (κ2) is 4.18. The number of hydrogen-bond donors (Lipinski definition) is 1. The number of hydrogen-bond acceptors (Lipinski definition) is 8. The molecule has 0 radical (unpaired) electrons. The third kappa shape index (κ3) is 1.74. The number of nitrogens with zero attached hydrogens (tertiary/aromatic N) is 5. The summed E-state index contributed by atoms with van der Waals surface area (Å²) in [5, 5.41) is 10.8. The van der Waals surface area contributed by atoms with Crippen molar-refractivity contribution < 1.29 is 9.15 Å². The third-order valence-electron chi connectivity index (χ3n) is 2.11. The fraction of sp³-hybridized carbons (Fsp3) is 0. The van der Waals surface area contributed by atoms with Gasteiger partial charge in [0, 0.05) is 10.7 Å². The molecule has 0 unspecified atom stereocenters. The zero-order valence-electron chi connectivity index (χ0n) is 8.74. The van der Waals surface area contributed by atoms with Gasteiger partial charge < -0.3 is 10.3 Å². The van der Waals surface area contributed by atoms with Crippen LogP contribution in [0, 0.1) is 0 Å². The van der Waals surface area contributed by atoms with E-state index in [4.69, 9.17) is 10.3 Å². The monoisotopic (exact) mass is 308 g/mol. The van der Waals surface area contributed by atoms with E-state index in [0.29, 0.717) is 11.5 Å². The average Bonchev–Trinajstić information content (AvgIpc) is 2.98. The fourth-order valence-corrected chi connectivity index (χ4v) is 1.74. The molecule has 3 aromatic heterocycles. The van der Waals surface area contributed by atoms with E-state index in [2.05, 4.69) is 46.0 Å². The van der Waals surface area contributed by atoms with E-state index >= 15 is 0 Å². The summed E-state index contributed by atoms with van der Waals surface area (Å²) in [6.07, 6.45) is 1.63. The molecular weight excluding hydrogens is 304 g/mol. The van der Waals surface area contributed by atoms with Gasteiger partial charge in [0.05, 0.1) is 0 Å². The van der Waals surface area contributed by atoms with Gasteiger partial charge in [-0.25, -0.2) is 4.63 Å². The van der Waals surface area contributed by atoms with E-state index in [1.807, 2.05) is 6.07 Å². The van der Waals surface area contributed by atoms with Gasteiger partial charge >= 0.3 is 0 Å². The van der Waals surface area contributed by atoms with Gasteiger partial charge in [-0.1, -0.05) is 5.16 Å². The molecule has 18 heavy (non-hydrogen) atoms. The number of halogens is 1. The van der Waals surface area contributed by atoms with Crippen LogP contribution in [0.4, 0.5) is 5.82 Å². The standard InChI is InChI=1S/C9H5BrN6O2/c10-4-2-1-3-12-5(4)8-13-9(17-16-8)6-7(11)15-18-14-6/h1-3H,(H2,11,15). The zero-order chi connectivity index (χ0) is 12.5. The van der Waals surface area contributed by atoms with Gasteiger partial charge in [0.15, 0.2) is 0 Å². The Bertz CT molecular complexity index is 694. The maximum atomic E-state index is 5.53. The lowest BCUT2D eigenvalue weighted by Crippen LogP contribution is -1.89. The molecule has 0 aliphatic heterocycles. The molecule has 0 aliphatic rings. The first-order chi connectivity index (χ1) is 8.75. The van der Waals surface area contributed by atoms with Crippen molar-refractivity contribution in [3.8, 4) is 23.1 Å². The summed E-state index contributed by atoms with van der Waals surface area (Å²) < 4.78 is 10.2. The molecule has 0 spiro atoms. The van der Waals surface area contributed by atoms with Crippen molar-refractivity contribution in [2.45, 2.75) is 0 Å². The predicted molar refractivity (Wildman–Crippen MR) is 62.9 cm³/mol. The molecule has 0 aromatic carbocycles. The molecule has 8 nitrogen and oxygen atoms in total. The molecule has 0 aliphatic carbocycles. The normalized spacial score (nSPS) is 10.7. The lowest BCUT2D eigenvalue weighted by molar-refractivity contribution is 0.308. The highest BCUT2D eigenvalue weighted by atomic mass is 79.9. The molecule has 3 heterocycles. The fourth-order valence-electron chi connectivity index (χ4n) is 1.31. The second-order valence-electron chi connectivity index (χ2n) is 3.26. The van der Waals surface area contributed by atoms with Crippen molar-refractivity contribution in [3.05, 3.63) is 22.8 Å². The van der Waals surface area contributed by atoms with Crippen molar-refractivity contribution in [2.24, 2.45) is 0 Å². The summed E-state index contributed by atoms with van der Waals surface area (Å²) in [5.74, 6) is 0.534. The first-order valence-corrected chi connectivity index (χ1v) is 5.58. The largest absolute Gasteiger partial charge is 0.379 e. The van der Waals surface area contributed by atoms with E-state index < -0.39 is 0 Å². The Morgan fingerprint density at radius 3 is 2.78 bits per heavy atom. The summed E-state index contributed by atoms with van der Waals surface area (Å²) in [6.45, 7) is 0. The van der Waals surface area contributed by atoms with Crippen molar-refractivity contribution in [1.82, 2.24) is 25.4 Å². The van der Waals surface area contributed by atoms with Crippen LogP contribution in [0.3, 0.4) is 0 Å². The first kappa shape index (κ1) is 10.8. The Kier molecular flexibility index (Phi) is 2.52. The van der Waals surface area contributed by atoms with E-state index in [-0.39, 0.29) is 17.4 Å². The van der Waals surface area contributed by atoms with Crippen LogP contribution >= 0.6 is 15.9 Å². The highest BCUT2D eigenvalue weighted by molar-refractivity contribution is 9.10. The van der Waals surface area contributed by atoms with E-state index in [9.17, 15) is 0 Å². The van der Waals surface area contributed by atoms with Crippen molar-refractivity contribution in [2.75, 3.05) is 5.73 Å². The van der Waals surface area contributed by atoms with Crippen LogP contribution < -0.4 is 5.73 Å². The van der Waals surface area contributed by atoms with Gasteiger partial charge in [-0.15, -0.1) is 0 Å². The third-order valence-corrected chi connectivity index (χ3v) is 2.75. The Morgan fingerprint density at radius 1 is 1.17 bits per heavy atom. The molecule has 90 valence electrons. The maximum absolute atomic E-state index is 5.53. The Morgan fingerprint density at radius 2 is 2.06 bits per heavy atom. The van der Waals surface area contributed by atoms with Gasteiger partial charge in [-0.3, -0.25) is 4.98 Å². The van der Waals surface area contributed by atoms with Gasteiger partial charge in [0.1, 0.15) is 5.69 Å². The highest BCUT2D eigenvalue weighted by Gasteiger charge is 2.19. The molecule has 3 aromatic rings. The molecule has 2 N–H and O–H groups in total.